The molecule has 0 radical (unpaired) electrons. The smallest absolute Gasteiger partial charge is 0.268 e. The maximum atomic E-state index is 12.9. The van der Waals surface area contributed by atoms with Crippen molar-refractivity contribution in [3.05, 3.63) is 52.7 Å². The van der Waals surface area contributed by atoms with E-state index in [0.29, 0.717) is 45.4 Å². The van der Waals surface area contributed by atoms with Crippen LogP contribution in [0.1, 0.15) is 24.5 Å². The van der Waals surface area contributed by atoms with Crippen LogP contribution in [0.4, 0.5) is 11.6 Å². The Hall–Kier alpha value is -3.75. The van der Waals surface area contributed by atoms with Crippen LogP contribution >= 0.6 is 0 Å². The first-order chi connectivity index (χ1) is 13.3. The number of fused-ring (bicyclic) bond motifs is 4. The Morgan fingerprint density at radius 3 is 2.96 bits per heavy atom. The SMILES string of the molecule is O=c1c2ccccc2nc2nc(Nc3cc(C4CC4)[nH]n3)c3[nH]cnc3n12. The van der Waals surface area contributed by atoms with E-state index in [2.05, 4.69) is 35.5 Å². The number of aromatic amines is 2. The van der Waals surface area contributed by atoms with Crippen LogP contribution in [0.3, 0.4) is 0 Å². The molecule has 132 valence electrons. The van der Waals surface area contributed by atoms with Crippen LogP contribution in [0.15, 0.2) is 41.5 Å². The van der Waals surface area contributed by atoms with Gasteiger partial charge in [0.05, 0.1) is 17.2 Å². The van der Waals surface area contributed by atoms with Crippen molar-refractivity contribution in [2.75, 3.05) is 5.32 Å². The molecule has 9 heteroatoms. The summed E-state index contributed by atoms with van der Waals surface area (Å²) in [5.41, 5.74) is 2.63. The average molecular weight is 358 g/mol. The van der Waals surface area contributed by atoms with E-state index in [-0.39, 0.29) is 5.56 Å². The minimum Gasteiger partial charge on any atom is -0.340 e. The Bertz CT molecular complexity index is 1390. The van der Waals surface area contributed by atoms with Gasteiger partial charge in [-0.3, -0.25) is 9.89 Å². The van der Waals surface area contributed by atoms with Crippen LogP contribution in [0.2, 0.25) is 0 Å². The highest BCUT2D eigenvalue weighted by Gasteiger charge is 2.25. The van der Waals surface area contributed by atoms with E-state index < -0.39 is 0 Å². The van der Waals surface area contributed by atoms with Crippen LogP contribution in [0.25, 0.3) is 27.8 Å². The number of aromatic nitrogens is 7. The molecule has 4 aromatic heterocycles. The van der Waals surface area contributed by atoms with Crippen LogP contribution in [0.5, 0.6) is 0 Å². The molecule has 0 bridgehead atoms. The highest BCUT2D eigenvalue weighted by molar-refractivity contribution is 5.88. The molecule has 0 spiro atoms. The van der Waals surface area contributed by atoms with E-state index in [1.807, 2.05) is 18.2 Å². The summed E-state index contributed by atoms with van der Waals surface area (Å²) < 4.78 is 1.43. The second kappa shape index (κ2) is 5.13. The van der Waals surface area contributed by atoms with Gasteiger partial charge in [-0.05, 0) is 25.0 Å². The Balaban J connectivity index is 1.58. The van der Waals surface area contributed by atoms with Crippen LogP contribution in [0, 0.1) is 0 Å². The number of benzene rings is 1. The highest BCUT2D eigenvalue weighted by atomic mass is 16.1. The topological polar surface area (TPSA) is 117 Å². The third kappa shape index (κ3) is 2.14. The Labute approximate surface area is 151 Å². The number of nitrogens with zero attached hydrogens (tertiary/aromatic N) is 5. The lowest BCUT2D eigenvalue weighted by molar-refractivity contribution is 0.966. The van der Waals surface area contributed by atoms with Gasteiger partial charge in [0.1, 0.15) is 5.52 Å². The monoisotopic (exact) mass is 358 g/mol. The van der Waals surface area contributed by atoms with Gasteiger partial charge in [-0.2, -0.15) is 10.1 Å². The van der Waals surface area contributed by atoms with Crippen molar-refractivity contribution in [1.29, 1.82) is 0 Å². The Morgan fingerprint density at radius 1 is 1.19 bits per heavy atom. The van der Waals surface area contributed by atoms with Gasteiger partial charge in [0, 0.05) is 17.7 Å². The normalized spacial score (nSPS) is 14.4. The number of anilines is 2. The highest BCUT2D eigenvalue weighted by Crippen LogP contribution is 2.39. The number of para-hydroxylation sites is 1. The first-order valence-corrected chi connectivity index (χ1v) is 8.75. The summed E-state index contributed by atoms with van der Waals surface area (Å²) in [6.45, 7) is 0. The van der Waals surface area contributed by atoms with E-state index in [0.717, 1.165) is 5.69 Å². The zero-order chi connectivity index (χ0) is 18.0. The molecule has 1 aliphatic carbocycles. The predicted molar refractivity (Wildman–Crippen MR) is 100 cm³/mol. The molecule has 3 N–H and O–H groups in total. The fourth-order valence-corrected chi connectivity index (χ4v) is 3.39. The van der Waals surface area contributed by atoms with Gasteiger partial charge in [-0.1, -0.05) is 12.1 Å². The molecule has 5 aromatic rings. The summed E-state index contributed by atoms with van der Waals surface area (Å²) in [7, 11) is 0. The standard InChI is InChI=1S/C18H14N8O/c27-17-10-3-1-2-4-11(10)21-18-23-15(14-16(26(17)18)20-8-19-14)22-13-7-12(24-25-13)9-5-6-9/h1-4,7-9H,5-6H2,(H,19,20)(H2,21,22,23,24,25). The number of hydrogen-bond acceptors (Lipinski definition) is 6. The van der Waals surface area contributed by atoms with Crippen molar-refractivity contribution in [3.63, 3.8) is 0 Å². The fraction of sp³-hybridized carbons (Fsp3) is 0.167. The minimum atomic E-state index is -0.192. The molecule has 4 heterocycles. The molecule has 1 saturated carbocycles. The van der Waals surface area contributed by atoms with E-state index in [4.69, 9.17) is 0 Å². The zero-order valence-electron chi connectivity index (χ0n) is 14.1. The summed E-state index contributed by atoms with van der Waals surface area (Å²) >= 11 is 0. The van der Waals surface area contributed by atoms with Crippen LogP contribution < -0.4 is 10.9 Å². The van der Waals surface area contributed by atoms with Gasteiger partial charge in [0.25, 0.3) is 5.56 Å². The van der Waals surface area contributed by atoms with Crippen molar-refractivity contribution in [2.24, 2.45) is 0 Å². The molecule has 0 atom stereocenters. The first-order valence-electron chi connectivity index (χ1n) is 8.75. The van der Waals surface area contributed by atoms with Crippen molar-refractivity contribution in [3.8, 4) is 0 Å². The summed E-state index contributed by atoms with van der Waals surface area (Å²) in [6, 6.07) is 9.21. The fourth-order valence-electron chi connectivity index (χ4n) is 3.39. The number of nitrogens with one attached hydrogen (secondary N) is 3. The van der Waals surface area contributed by atoms with Crippen molar-refractivity contribution < 1.29 is 0 Å². The van der Waals surface area contributed by atoms with Crippen LogP contribution in [-0.2, 0) is 0 Å². The largest absolute Gasteiger partial charge is 0.340 e. The van der Waals surface area contributed by atoms with Crippen molar-refractivity contribution in [1.82, 2.24) is 34.5 Å². The second-order valence-electron chi connectivity index (χ2n) is 6.74. The average Bonchev–Trinajstić information content (AvgIpc) is 3.22. The van der Waals surface area contributed by atoms with E-state index in [1.165, 1.54) is 17.2 Å². The van der Waals surface area contributed by atoms with Gasteiger partial charge >= 0.3 is 0 Å². The van der Waals surface area contributed by atoms with Gasteiger partial charge in [-0.15, -0.1) is 0 Å². The lowest BCUT2D eigenvalue weighted by Crippen LogP contribution is -2.18. The Morgan fingerprint density at radius 2 is 2.07 bits per heavy atom. The summed E-state index contributed by atoms with van der Waals surface area (Å²) in [5, 5.41) is 11.1. The molecule has 1 aliphatic rings. The molecular weight excluding hydrogens is 344 g/mol. The summed E-state index contributed by atoms with van der Waals surface area (Å²) in [4.78, 5) is 29.4. The van der Waals surface area contributed by atoms with Gasteiger partial charge in [-0.25, -0.2) is 14.4 Å². The number of imidazole rings is 1. The van der Waals surface area contributed by atoms with Crippen molar-refractivity contribution >= 4 is 39.5 Å². The van der Waals surface area contributed by atoms with E-state index in [1.54, 1.807) is 18.5 Å². The summed E-state index contributed by atoms with van der Waals surface area (Å²) in [6.07, 6.45) is 3.93. The lowest BCUT2D eigenvalue weighted by atomic mass is 10.2. The third-order valence-corrected chi connectivity index (χ3v) is 4.90. The van der Waals surface area contributed by atoms with Gasteiger partial charge in [0.15, 0.2) is 17.3 Å². The molecule has 27 heavy (non-hydrogen) atoms. The van der Waals surface area contributed by atoms with Crippen molar-refractivity contribution in [2.45, 2.75) is 18.8 Å². The van der Waals surface area contributed by atoms with E-state index >= 15 is 0 Å². The molecule has 0 amide bonds. The number of H-pyrrole nitrogens is 2. The maximum Gasteiger partial charge on any atom is 0.268 e. The van der Waals surface area contributed by atoms with E-state index in [9.17, 15) is 4.79 Å². The molecule has 6 rings (SSSR count). The number of rotatable bonds is 3. The third-order valence-electron chi connectivity index (χ3n) is 4.90. The quantitative estimate of drug-likeness (QED) is 0.427. The molecule has 0 unspecified atom stereocenters. The molecule has 1 fully saturated rings. The molecule has 0 saturated heterocycles. The van der Waals surface area contributed by atoms with Crippen LogP contribution in [-0.4, -0.2) is 34.5 Å². The molecule has 1 aromatic carbocycles. The molecule has 0 aliphatic heterocycles. The molecular formula is C18H14N8O. The first kappa shape index (κ1) is 14.4. The maximum absolute atomic E-state index is 12.9. The predicted octanol–water partition coefficient (Wildman–Crippen LogP) is 2.46. The van der Waals surface area contributed by atoms with Gasteiger partial charge in [0.2, 0.25) is 5.78 Å². The Kier molecular flexibility index (Phi) is 2.74. The zero-order valence-corrected chi connectivity index (χ0v) is 14.1. The lowest BCUT2D eigenvalue weighted by Gasteiger charge is -2.07. The molecule has 9 nitrogen and oxygen atoms in total. The van der Waals surface area contributed by atoms with Gasteiger partial charge < -0.3 is 10.3 Å². The number of hydrogen-bond donors (Lipinski definition) is 3. The second-order valence-corrected chi connectivity index (χ2v) is 6.74. The minimum absolute atomic E-state index is 0.192. The summed E-state index contributed by atoms with van der Waals surface area (Å²) in [5.74, 6) is 2.07.